The van der Waals surface area contributed by atoms with Crippen LogP contribution in [-0.4, -0.2) is 34.6 Å². The Labute approximate surface area is 137 Å². The van der Waals surface area contributed by atoms with Crippen LogP contribution >= 0.6 is 0 Å². The van der Waals surface area contributed by atoms with E-state index in [0.717, 1.165) is 17.7 Å². The summed E-state index contributed by atoms with van der Waals surface area (Å²) in [4.78, 5) is 10.4. The number of nitrogens with two attached hydrogens (primary N) is 1. The molecule has 1 fully saturated rings. The average Bonchev–Trinajstić information content (AvgIpc) is 2.54. The Morgan fingerprint density at radius 1 is 1.21 bits per heavy atom. The molecule has 1 aliphatic heterocycles. The largest absolute Gasteiger partial charge is 0.416 e. The van der Waals surface area contributed by atoms with Gasteiger partial charge in [-0.15, -0.1) is 0 Å². The smallest absolute Gasteiger partial charge is 0.384 e. The van der Waals surface area contributed by atoms with Crippen LogP contribution in [0.4, 0.5) is 19.0 Å². The lowest BCUT2D eigenvalue weighted by molar-refractivity contribution is -0.137. The zero-order valence-electron chi connectivity index (χ0n) is 12.8. The Bertz CT molecular complexity index is 690. The Balaban J connectivity index is 1.67. The molecule has 8 heteroatoms. The summed E-state index contributed by atoms with van der Waals surface area (Å²) in [7, 11) is 0. The number of alkyl halides is 3. The molecule has 5 nitrogen and oxygen atoms in total. The molecule has 0 spiro atoms. The molecule has 1 aromatic heterocycles. The predicted octanol–water partition coefficient (Wildman–Crippen LogP) is 2.65. The van der Waals surface area contributed by atoms with E-state index >= 15 is 0 Å². The van der Waals surface area contributed by atoms with Crippen molar-refractivity contribution in [1.29, 1.82) is 0 Å². The first kappa shape index (κ1) is 16.7. The summed E-state index contributed by atoms with van der Waals surface area (Å²) in [6.07, 6.45) is -3.00. The third kappa shape index (κ3) is 4.01. The van der Waals surface area contributed by atoms with E-state index in [-0.39, 0.29) is 6.10 Å². The highest BCUT2D eigenvalue weighted by Gasteiger charge is 2.30. The third-order valence-corrected chi connectivity index (χ3v) is 3.85. The van der Waals surface area contributed by atoms with Crippen LogP contribution in [0.2, 0.25) is 0 Å². The van der Waals surface area contributed by atoms with E-state index in [4.69, 9.17) is 10.5 Å². The molecule has 1 saturated heterocycles. The molecular formula is C16H17F3N4O. The van der Waals surface area contributed by atoms with Crippen LogP contribution in [0.15, 0.2) is 36.5 Å². The van der Waals surface area contributed by atoms with Crippen molar-refractivity contribution < 1.29 is 17.9 Å². The van der Waals surface area contributed by atoms with Crippen molar-refractivity contribution in [3.63, 3.8) is 0 Å². The number of halogens is 3. The molecule has 1 atom stereocenters. The quantitative estimate of drug-likeness (QED) is 0.932. The minimum atomic E-state index is -4.33. The summed E-state index contributed by atoms with van der Waals surface area (Å²) in [6, 6.07) is 6.72. The number of rotatable bonds is 3. The predicted molar refractivity (Wildman–Crippen MR) is 81.9 cm³/mol. The molecule has 0 saturated carbocycles. The van der Waals surface area contributed by atoms with Gasteiger partial charge in [0.25, 0.3) is 0 Å². The van der Waals surface area contributed by atoms with Gasteiger partial charge < -0.3 is 10.5 Å². The molecule has 24 heavy (non-hydrogen) atoms. The number of hydrogen-bond acceptors (Lipinski definition) is 5. The van der Waals surface area contributed by atoms with E-state index in [1.807, 2.05) is 0 Å². The summed E-state index contributed by atoms with van der Waals surface area (Å²) in [5.41, 5.74) is 5.71. The van der Waals surface area contributed by atoms with E-state index in [1.165, 1.54) is 12.1 Å². The molecule has 0 amide bonds. The molecule has 1 aliphatic rings. The maximum Gasteiger partial charge on any atom is 0.416 e. The fourth-order valence-corrected chi connectivity index (χ4v) is 2.63. The van der Waals surface area contributed by atoms with Crippen LogP contribution in [0.5, 0.6) is 0 Å². The van der Waals surface area contributed by atoms with Gasteiger partial charge in [-0.05, 0) is 23.8 Å². The highest BCUT2D eigenvalue weighted by atomic mass is 19.4. The molecule has 0 radical (unpaired) electrons. The molecule has 1 aromatic carbocycles. The van der Waals surface area contributed by atoms with Crippen molar-refractivity contribution >= 4 is 5.82 Å². The number of morpholine rings is 1. The topological polar surface area (TPSA) is 64.3 Å². The SMILES string of the molecule is Nc1ccnc(CN2CCOC(c3ccc(C(F)(F)F)cc3)C2)n1. The third-order valence-electron chi connectivity index (χ3n) is 3.85. The first-order valence-corrected chi connectivity index (χ1v) is 7.50. The minimum Gasteiger partial charge on any atom is -0.384 e. The average molecular weight is 338 g/mol. The Hall–Kier alpha value is -2.19. The van der Waals surface area contributed by atoms with Crippen LogP contribution in [0.3, 0.4) is 0 Å². The fraction of sp³-hybridized carbons (Fsp3) is 0.375. The lowest BCUT2D eigenvalue weighted by atomic mass is 10.1. The monoisotopic (exact) mass is 338 g/mol. The van der Waals surface area contributed by atoms with Gasteiger partial charge in [-0.25, -0.2) is 9.97 Å². The highest BCUT2D eigenvalue weighted by molar-refractivity contribution is 5.27. The molecule has 2 aromatic rings. The van der Waals surface area contributed by atoms with Gasteiger partial charge in [0.2, 0.25) is 0 Å². The summed E-state index contributed by atoms with van der Waals surface area (Å²) >= 11 is 0. The lowest BCUT2D eigenvalue weighted by Gasteiger charge is -2.32. The summed E-state index contributed by atoms with van der Waals surface area (Å²) in [5.74, 6) is 1.02. The van der Waals surface area contributed by atoms with Gasteiger partial charge in [0.05, 0.1) is 24.8 Å². The second-order valence-corrected chi connectivity index (χ2v) is 5.61. The van der Waals surface area contributed by atoms with Gasteiger partial charge in [0.1, 0.15) is 11.6 Å². The van der Waals surface area contributed by atoms with Gasteiger partial charge in [-0.1, -0.05) is 12.1 Å². The van der Waals surface area contributed by atoms with Gasteiger partial charge in [0.15, 0.2) is 0 Å². The van der Waals surface area contributed by atoms with Crippen molar-refractivity contribution in [2.45, 2.75) is 18.8 Å². The van der Waals surface area contributed by atoms with Crippen molar-refractivity contribution in [3.05, 3.63) is 53.5 Å². The summed E-state index contributed by atoms with van der Waals surface area (Å²) in [6.45, 7) is 2.28. The number of benzene rings is 1. The van der Waals surface area contributed by atoms with E-state index in [0.29, 0.717) is 37.9 Å². The van der Waals surface area contributed by atoms with E-state index < -0.39 is 11.7 Å². The van der Waals surface area contributed by atoms with Crippen molar-refractivity contribution in [2.24, 2.45) is 0 Å². The number of ether oxygens (including phenoxy) is 1. The van der Waals surface area contributed by atoms with Crippen molar-refractivity contribution in [2.75, 3.05) is 25.4 Å². The Morgan fingerprint density at radius 2 is 1.96 bits per heavy atom. The normalized spacial score (nSPS) is 19.4. The van der Waals surface area contributed by atoms with Crippen molar-refractivity contribution in [1.82, 2.24) is 14.9 Å². The summed E-state index contributed by atoms with van der Waals surface area (Å²) < 4.78 is 43.6. The van der Waals surface area contributed by atoms with E-state index in [9.17, 15) is 13.2 Å². The number of nitrogen functional groups attached to an aromatic ring is 1. The molecule has 2 heterocycles. The molecular weight excluding hydrogens is 321 g/mol. The number of aromatic nitrogens is 2. The van der Waals surface area contributed by atoms with Crippen LogP contribution < -0.4 is 5.73 Å². The van der Waals surface area contributed by atoms with Crippen LogP contribution in [0.1, 0.15) is 23.1 Å². The zero-order chi connectivity index (χ0) is 17.2. The molecule has 1 unspecified atom stereocenters. The molecule has 0 aliphatic carbocycles. The minimum absolute atomic E-state index is 0.276. The standard InChI is InChI=1S/C16H17F3N4O/c17-16(18,19)12-3-1-11(2-4-12)13-9-23(7-8-24-13)10-15-21-6-5-14(20)22-15/h1-6,13H,7-10H2,(H2,20,21,22). The Morgan fingerprint density at radius 3 is 2.62 bits per heavy atom. The fourth-order valence-electron chi connectivity index (χ4n) is 2.63. The highest BCUT2D eigenvalue weighted by Crippen LogP contribution is 2.31. The molecule has 3 rings (SSSR count). The van der Waals surface area contributed by atoms with Crippen molar-refractivity contribution in [3.8, 4) is 0 Å². The molecule has 2 N–H and O–H groups in total. The number of nitrogens with zero attached hydrogens (tertiary/aromatic N) is 3. The maximum atomic E-state index is 12.6. The molecule has 0 bridgehead atoms. The van der Waals surface area contributed by atoms with Crippen LogP contribution in [0, 0.1) is 0 Å². The first-order chi connectivity index (χ1) is 11.4. The van der Waals surface area contributed by atoms with Crippen LogP contribution in [0.25, 0.3) is 0 Å². The van der Waals surface area contributed by atoms with E-state index in [2.05, 4.69) is 14.9 Å². The second-order valence-electron chi connectivity index (χ2n) is 5.61. The maximum absolute atomic E-state index is 12.6. The van der Waals surface area contributed by atoms with Gasteiger partial charge in [-0.2, -0.15) is 13.2 Å². The van der Waals surface area contributed by atoms with Gasteiger partial charge in [-0.3, -0.25) is 4.90 Å². The van der Waals surface area contributed by atoms with Crippen LogP contribution in [-0.2, 0) is 17.5 Å². The van der Waals surface area contributed by atoms with Gasteiger partial charge in [0, 0.05) is 19.3 Å². The molecule has 128 valence electrons. The zero-order valence-corrected chi connectivity index (χ0v) is 12.8. The number of anilines is 1. The first-order valence-electron chi connectivity index (χ1n) is 7.50. The number of hydrogen-bond donors (Lipinski definition) is 1. The summed E-state index contributed by atoms with van der Waals surface area (Å²) in [5, 5.41) is 0. The second kappa shape index (κ2) is 6.74. The lowest BCUT2D eigenvalue weighted by Crippen LogP contribution is -2.38. The van der Waals surface area contributed by atoms with Gasteiger partial charge >= 0.3 is 6.18 Å². The van der Waals surface area contributed by atoms with E-state index in [1.54, 1.807) is 12.3 Å². The Kier molecular flexibility index (Phi) is 4.68.